The molecule has 1 rings (SSSR count). The summed E-state index contributed by atoms with van der Waals surface area (Å²) in [5.74, 6) is 0.848. The van der Waals surface area contributed by atoms with Gasteiger partial charge < -0.3 is 16.0 Å². The van der Waals surface area contributed by atoms with E-state index in [0.717, 1.165) is 25.4 Å². The zero-order valence-electron chi connectivity index (χ0n) is 13.0. The molecule has 0 radical (unpaired) electrons. The molecule has 0 aliphatic carbocycles. The van der Waals surface area contributed by atoms with Gasteiger partial charge in [0.15, 0.2) is 0 Å². The Hall–Kier alpha value is -0.610. The summed E-state index contributed by atoms with van der Waals surface area (Å²) in [4.78, 5) is 14.3. The van der Waals surface area contributed by atoms with Crippen molar-refractivity contribution in [1.29, 1.82) is 0 Å². The maximum atomic E-state index is 11.8. The van der Waals surface area contributed by atoms with Crippen LogP contribution in [0.3, 0.4) is 0 Å². The van der Waals surface area contributed by atoms with Crippen molar-refractivity contribution in [2.45, 2.75) is 53.0 Å². The largest absolute Gasteiger partial charge is 0.355 e. The van der Waals surface area contributed by atoms with E-state index in [9.17, 15) is 4.79 Å². The van der Waals surface area contributed by atoms with Crippen molar-refractivity contribution in [3.05, 3.63) is 0 Å². The van der Waals surface area contributed by atoms with Crippen LogP contribution >= 0.6 is 0 Å². The molecule has 0 unspecified atom stereocenters. The zero-order valence-corrected chi connectivity index (χ0v) is 13.0. The van der Waals surface area contributed by atoms with Gasteiger partial charge in [0.25, 0.3) is 0 Å². The molecule has 1 atom stereocenters. The highest BCUT2D eigenvalue weighted by atomic mass is 16.2. The standard InChI is InChI=1S/C15H31N3O/c1-12-6-10-18(11-7-12)9-5-8-17-14(19)13(16)15(2,3)4/h12-13H,5-11,16H2,1-4H3,(H,17,19)/t13-/m0/s1. The summed E-state index contributed by atoms with van der Waals surface area (Å²) in [6, 6.07) is -0.427. The van der Waals surface area contributed by atoms with Gasteiger partial charge in [0, 0.05) is 6.54 Å². The van der Waals surface area contributed by atoms with Crippen LogP contribution in [-0.2, 0) is 4.79 Å². The highest BCUT2D eigenvalue weighted by molar-refractivity contribution is 5.82. The van der Waals surface area contributed by atoms with Crippen molar-refractivity contribution in [1.82, 2.24) is 10.2 Å². The molecule has 0 bridgehead atoms. The lowest BCUT2D eigenvalue weighted by atomic mass is 9.87. The van der Waals surface area contributed by atoms with Gasteiger partial charge in [-0.05, 0) is 50.2 Å². The average molecular weight is 269 g/mol. The first-order chi connectivity index (χ1) is 8.80. The molecule has 4 heteroatoms. The summed E-state index contributed by atoms with van der Waals surface area (Å²) in [6.45, 7) is 12.5. The second kappa shape index (κ2) is 7.25. The Kier molecular flexibility index (Phi) is 6.27. The SMILES string of the molecule is CC1CCN(CCCNC(=O)[C@H](N)C(C)(C)C)CC1. The van der Waals surface area contributed by atoms with Gasteiger partial charge >= 0.3 is 0 Å². The second-order valence-electron chi connectivity index (χ2n) is 7.01. The predicted octanol–water partition coefficient (Wildman–Crippen LogP) is 1.60. The third-order valence-corrected chi connectivity index (χ3v) is 4.04. The molecule has 1 aliphatic rings. The third-order valence-electron chi connectivity index (χ3n) is 4.04. The predicted molar refractivity (Wildman–Crippen MR) is 79.9 cm³/mol. The van der Waals surface area contributed by atoms with Crippen molar-refractivity contribution in [2.75, 3.05) is 26.2 Å². The molecule has 0 saturated carbocycles. The van der Waals surface area contributed by atoms with Gasteiger partial charge in [-0.25, -0.2) is 0 Å². The number of nitrogens with two attached hydrogens (primary N) is 1. The fraction of sp³-hybridized carbons (Fsp3) is 0.933. The van der Waals surface area contributed by atoms with Gasteiger partial charge in [-0.1, -0.05) is 27.7 Å². The van der Waals surface area contributed by atoms with Crippen LogP contribution in [0.15, 0.2) is 0 Å². The minimum absolute atomic E-state index is 0.0280. The van der Waals surface area contributed by atoms with E-state index in [-0.39, 0.29) is 11.3 Å². The molecule has 112 valence electrons. The minimum atomic E-state index is -0.427. The van der Waals surface area contributed by atoms with E-state index in [1.54, 1.807) is 0 Å². The summed E-state index contributed by atoms with van der Waals surface area (Å²) in [5.41, 5.74) is 5.74. The fourth-order valence-corrected chi connectivity index (χ4v) is 2.30. The maximum Gasteiger partial charge on any atom is 0.237 e. The van der Waals surface area contributed by atoms with Crippen molar-refractivity contribution < 1.29 is 4.79 Å². The lowest BCUT2D eigenvalue weighted by Crippen LogP contribution is -2.49. The monoisotopic (exact) mass is 269 g/mol. The topological polar surface area (TPSA) is 58.4 Å². The molecule has 1 heterocycles. The highest BCUT2D eigenvalue weighted by Crippen LogP contribution is 2.17. The van der Waals surface area contributed by atoms with Gasteiger partial charge in [0.1, 0.15) is 0 Å². The van der Waals surface area contributed by atoms with E-state index in [0.29, 0.717) is 0 Å². The van der Waals surface area contributed by atoms with Gasteiger partial charge in [-0.3, -0.25) is 4.79 Å². The first kappa shape index (κ1) is 16.4. The first-order valence-corrected chi connectivity index (χ1v) is 7.56. The summed E-state index contributed by atoms with van der Waals surface area (Å²) in [7, 11) is 0. The van der Waals surface area contributed by atoms with E-state index in [4.69, 9.17) is 5.73 Å². The van der Waals surface area contributed by atoms with Crippen molar-refractivity contribution in [2.24, 2.45) is 17.1 Å². The summed E-state index contributed by atoms with van der Waals surface area (Å²) < 4.78 is 0. The number of carbonyl (C=O) groups excluding carboxylic acids is 1. The molecule has 1 saturated heterocycles. The summed E-state index contributed by atoms with van der Waals surface area (Å²) >= 11 is 0. The van der Waals surface area contributed by atoms with Crippen LogP contribution in [0.1, 0.15) is 47.0 Å². The van der Waals surface area contributed by atoms with Gasteiger partial charge in [0.2, 0.25) is 5.91 Å². The van der Waals surface area contributed by atoms with Gasteiger partial charge in [0.05, 0.1) is 6.04 Å². The normalized spacial score (nSPS) is 20.3. The highest BCUT2D eigenvalue weighted by Gasteiger charge is 2.27. The Labute approximate surface area is 118 Å². The third kappa shape index (κ3) is 5.91. The molecule has 0 aromatic heterocycles. The molecule has 0 aromatic rings. The number of carbonyl (C=O) groups is 1. The molecular formula is C15H31N3O. The van der Waals surface area contributed by atoms with Crippen LogP contribution in [0.5, 0.6) is 0 Å². The fourth-order valence-electron chi connectivity index (χ4n) is 2.30. The van der Waals surface area contributed by atoms with Gasteiger partial charge in [-0.15, -0.1) is 0 Å². The van der Waals surface area contributed by atoms with E-state index >= 15 is 0 Å². The number of rotatable bonds is 5. The molecule has 19 heavy (non-hydrogen) atoms. The van der Waals surface area contributed by atoms with Crippen LogP contribution in [0.4, 0.5) is 0 Å². The Bertz CT molecular complexity index is 278. The Balaban J connectivity index is 2.12. The van der Waals surface area contributed by atoms with Crippen molar-refractivity contribution >= 4 is 5.91 Å². The second-order valence-corrected chi connectivity index (χ2v) is 7.01. The van der Waals surface area contributed by atoms with Crippen LogP contribution in [0.2, 0.25) is 0 Å². The number of hydrogen-bond acceptors (Lipinski definition) is 3. The number of nitrogens with one attached hydrogen (secondary N) is 1. The number of nitrogens with zero attached hydrogens (tertiary/aromatic N) is 1. The number of amides is 1. The lowest BCUT2D eigenvalue weighted by Gasteiger charge is -2.30. The summed E-state index contributed by atoms with van der Waals surface area (Å²) in [6.07, 6.45) is 3.62. The van der Waals surface area contributed by atoms with Crippen molar-refractivity contribution in [3.63, 3.8) is 0 Å². The van der Waals surface area contributed by atoms with E-state index in [1.807, 2.05) is 20.8 Å². The quantitative estimate of drug-likeness (QED) is 0.745. The first-order valence-electron chi connectivity index (χ1n) is 7.56. The molecule has 4 nitrogen and oxygen atoms in total. The Morgan fingerprint density at radius 3 is 2.47 bits per heavy atom. The van der Waals surface area contributed by atoms with Crippen LogP contribution in [0, 0.1) is 11.3 Å². The molecule has 0 aromatic carbocycles. The van der Waals surface area contributed by atoms with Crippen LogP contribution in [-0.4, -0.2) is 43.0 Å². The van der Waals surface area contributed by atoms with Crippen LogP contribution < -0.4 is 11.1 Å². The summed E-state index contributed by atoms with van der Waals surface area (Å²) in [5, 5.41) is 2.95. The lowest BCUT2D eigenvalue weighted by molar-refractivity contribution is -0.124. The zero-order chi connectivity index (χ0) is 14.5. The molecule has 1 amide bonds. The van der Waals surface area contributed by atoms with E-state index in [2.05, 4.69) is 17.1 Å². The Morgan fingerprint density at radius 1 is 1.37 bits per heavy atom. The van der Waals surface area contributed by atoms with Crippen LogP contribution in [0.25, 0.3) is 0 Å². The van der Waals surface area contributed by atoms with Crippen molar-refractivity contribution in [3.8, 4) is 0 Å². The van der Waals surface area contributed by atoms with Gasteiger partial charge in [-0.2, -0.15) is 0 Å². The molecule has 3 N–H and O–H groups in total. The van der Waals surface area contributed by atoms with E-state index < -0.39 is 6.04 Å². The molecule has 0 spiro atoms. The average Bonchev–Trinajstić information content (AvgIpc) is 2.34. The molecular weight excluding hydrogens is 238 g/mol. The smallest absolute Gasteiger partial charge is 0.237 e. The van der Waals surface area contributed by atoms with E-state index in [1.165, 1.54) is 25.9 Å². The minimum Gasteiger partial charge on any atom is -0.355 e. The Morgan fingerprint density at radius 2 is 1.95 bits per heavy atom. The number of piperidine rings is 1. The number of likely N-dealkylation sites (tertiary alicyclic amines) is 1. The maximum absolute atomic E-state index is 11.8. The number of hydrogen-bond donors (Lipinski definition) is 2. The molecule has 1 fully saturated rings. The molecule has 1 aliphatic heterocycles.